The van der Waals surface area contributed by atoms with E-state index in [1.807, 2.05) is 39.0 Å². The summed E-state index contributed by atoms with van der Waals surface area (Å²) in [6.45, 7) is 9.95. The Hall–Kier alpha value is -3.34. The van der Waals surface area contributed by atoms with Gasteiger partial charge in [-0.1, -0.05) is 0 Å². The van der Waals surface area contributed by atoms with Crippen LogP contribution < -0.4 is 15.7 Å². The summed E-state index contributed by atoms with van der Waals surface area (Å²) in [4.78, 5) is 53.3. The summed E-state index contributed by atoms with van der Waals surface area (Å²) in [6.07, 6.45) is 2.16. The molecule has 0 spiro atoms. The topological polar surface area (TPSA) is 115 Å². The van der Waals surface area contributed by atoms with Gasteiger partial charge in [0, 0.05) is 58.2 Å². The number of amides is 3. The van der Waals surface area contributed by atoms with E-state index in [1.54, 1.807) is 11.9 Å². The number of imide groups is 1. The molecule has 0 bridgehead atoms. The molecule has 38 heavy (non-hydrogen) atoms. The summed E-state index contributed by atoms with van der Waals surface area (Å²) < 4.78 is 14.7. The van der Waals surface area contributed by atoms with E-state index in [0.29, 0.717) is 29.1 Å². The standard InChI is InChI=1S/C27H37N5O6/c1-27(2,3)38-26(36)31-15-17(16-31)14-30-11-9-18(10-12-30)37-19-5-6-20-22(13-19)29(4)25(35)32(20)21-7-8-23(33)28-24(21)34/h5-6,13,17-18,21H,7-12,14-16H2,1-4H3,(H,28,33,34). The molecule has 1 atom stereocenters. The highest BCUT2D eigenvalue weighted by Gasteiger charge is 2.35. The number of imidazole rings is 1. The van der Waals surface area contributed by atoms with Gasteiger partial charge in [0.05, 0.1) is 11.0 Å². The summed E-state index contributed by atoms with van der Waals surface area (Å²) in [5.41, 5.74) is 0.575. The third-order valence-electron chi connectivity index (χ3n) is 7.55. The average molecular weight is 528 g/mol. The van der Waals surface area contributed by atoms with Gasteiger partial charge in [-0.05, 0) is 52.2 Å². The van der Waals surface area contributed by atoms with Crippen molar-refractivity contribution in [3.8, 4) is 5.75 Å². The number of nitrogens with one attached hydrogen (secondary N) is 1. The molecule has 3 amide bonds. The molecule has 1 N–H and O–H groups in total. The lowest BCUT2D eigenvalue weighted by Gasteiger charge is -2.43. The summed E-state index contributed by atoms with van der Waals surface area (Å²) >= 11 is 0. The van der Waals surface area contributed by atoms with Crippen LogP contribution in [-0.2, 0) is 21.4 Å². The van der Waals surface area contributed by atoms with E-state index in [9.17, 15) is 19.2 Å². The van der Waals surface area contributed by atoms with E-state index < -0.39 is 17.6 Å². The maximum Gasteiger partial charge on any atom is 0.410 e. The van der Waals surface area contributed by atoms with Gasteiger partial charge in [-0.25, -0.2) is 9.59 Å². The Bertz CT molecular complexity index is 1290. The van der Waals surface area contributed by atoms with Crippen molar-refractivity contribution in [3.05, 3.63) is 28.7 Å². The SMILES string of the molecule is Cn1c(=O)n(C2CCC(=O)NC2=O)c2ccc(OC3CCN(CC4CN(C(=O)OC(C)(C)C)C4)CC3)cc21. The third kappa shape index (κ3) is 5.43. The molecule has 5 rings (SSSR count). The molecule has 0 radical (unpaired) electrons. The van der Waals surface area contributed by atoms with Crippen molar-refractivity contribution in [2.24, 2.45) is 13.0 Å². The molecule has 11 nitrogen and oxygen atoms in total. The molecule has 0 aliphatic carbocycles. The number of aromatic nitrogens is 2. The quantitative estimate of drug-likeness (QED) is 0.592. The predicted molar refractivity (Wildman–Crippen MR) is 140 cm³/mol. The Kier molecular flexibility index (Phi) is 6.97. The van der Waals surface area contributed by atoms with Gasteiger partial charge in [-0.2, -0.15) is 0 Å². The van der Waals surface area contributed by atoms with Gasteiger partial charge < -0.3 is 19.3 Å². The fourth-order valence-electron chi connectivity index (χ4n) is 5.57. The van der Waals surface area contributed by atoms with Gasteiger partial charge in [-0.3, -0.25) is 24.0 Å². The lowest BCUT2D eigenvalue weighted by molar-refractivity contribution is -0.135. The number of aryl methyl sites for hydroxylation is 1. The van der Waals surface area contributed by atoms with Crippen molar-refractivity contribution in [3.63, 3.8) is 0 Å². The van der Waals surface area contributed by atoms with Crippen LogP contribution in [0.1, 0.15) is 52.5 Å². The zero-order chi connectivity index (χ0) is 27.2. The normalized spacial score (nSPS) is 21.9. The average Bonchev–Trinajstić information content (AvgIpc) is 3.06. The number of carbonyl (C=O) groups is 3. The maximum absolute atomic E-state index is 13.0. The van der Waals surface area contributed by atoms with Crippen molar-refractivity contribution in [2.75, 3.05) is 32.7 Å². The van der Waals surface area contributed by atoms with Gasteiger partial charge >= 0.3 is 11.8 Å². The molecule has 1 aromatic carbocycles. The molecule has 2 aromatic rings. The molecule has 1 unspecified atom stereocenters. The summed E-state index contributed by atoms with van der Waals surface area (Å²) in [7, 11) is 1.68. The van der Waals surface area contributed by atoms with Crippen LogP contribution in [0.5, 0.6) is 5.75 Å². The molecule has 3 aliphatic heterocycles. The van der Waals surface area contributed by atoms with E-state index in [1.165, 1.54) is 9.13 Å². The van der Waals surface area contributed by atoms with E-state index in [4.69, 9.17) is 9.47 Å². The highest BCUT2D eigenvalue weighted by Crippen LogP contribution is 2.28. The maximum atomic E-state index is 13.0. The zero-order valence-electron chi connectivity index (χ0n) is 22.6. The lowest BCUT2D eigenvalue weighted by atomic mass is 9.98. The van der Waals surface area contributed by atoms with Gasteiger partial charge in [-0.15, -0.1) is 0 Å². The number of ether oxygens (including phenoxy) is 2. The fourth-order valence-corrected chi connectivity index (χ4v) is 5.57. The molecule has 3 aliphatic rings. The van der Waals surface area contributed by atoms with E-state index >= 15 is 0 Å². The van der Waals surface area contributed by atoms with Crippen molar-refractivity contribution < 1.29 is 23.9 Å². The van der Waals surface area contributed by atoms with Crippen molar-refractivity contribution >= 4 is 28.9 Å². The van der Waals surface area contributed by atoms with Crippen LogP contribution >= 0.6 is 0 Å². The minimum Gasteiger partial charge on any atom is -0.490 e. The lowest BCUT2D eigenvalue weighted by Crippen LogP contribution is -2.55. The number of rotatable bonds is 5. The molecular formula is C27H37N5O6. The number of hydrogen-bond acceptors (Lipinski definition) is 7. The van der Waals surface area contributed by atoms with E-state index in [0.717, 1.165) is 45.6 Å². The van der Waals surface area contributed by atoms with Gasteiger partial charge in [0.1, 0.15) is 23.5 Å². The highest BCUT2D eigenvalue weighted by atomic mass is 16.6. The number of likely N-dealkylation sites (tertiary alicyclic amines) is 2. The van der Waals surface area contributed by atoms with Gasteiger partial charge in [0.15, 0.2) is 0 Å². The van der Waals surface area contributed by atoms with Crippen molar-refractivity contribution in [1.82, 2.24) is 24.3 Å². The smallest absolute Gasteiger partial charge is 0.410 e. The van der Waals surface area contributed by atoms with E-state index in [2.05, 4.69) is 10.2 Å². The number of hydrogen-bond donors (Lipinski definition) is 1. The molecule has 1 aromatic heterocycles. The summed E-state index contributed by atoms with van der Waals surface area (Å²) in [5, 5.41) is 2.33. The predicted octanol–water partition coefficient (Wildman–Crippen LogP) is 2.03. The minimum atomic E-state index is -0.702. The molecule has 0 saturated carbocycles. The van der Waals surface area contributed by atoms with Gasteiger partial charge in [0.2, 0.25) is 11.8 Å². The Balaban J connectivity index is 1.14. The first kappa shape index (κ1) is 26.3. The Labute approximate surface area is 221 Å². The first-order valence-corrected chi connectivity index (χ1v) is 13.4. The second-order valence-electron chi connectivity index (χ2n) is 11.7. The van der Waals surface area contributed by atoms with Crippen LogP contribution in [0.2, 0.25) is 0 Å². The van der Waals surface area contributed by atoms with Crippen LogP contribution in [0, 0.1) is 5.92 Å². The number of nitrogens with zero attached hydrogens (tertiary/aromatic N) is 4. The minimum absolute atomic E-state index is 0.0811. The van der Waals surface area contributed by atoms with Crippen LogP contribution in [-0.4, -0.2) is 81.3 Å². The fraction of sp³-hybridized carbons (Fsp3) is 0.630. The monoisotopic (exact) mass is 527 g/mol. The van der Waals surface area contributed by atoms with Crippen molar-refractivity contribution in [2.45, 2.75) is 64.2 Å². The van der Waals surface area contributed by atoms with Crippen molar-refractivity contribution in [1.29, 1.82) is 0 Å². The second kappa shape index (κ2) is 10.1. The molecule has 3 fully saturated rings. The van der Waals surface area contributed by atoms with Crippen LogP contribution in [0.3, 0.4) is 0 Å². The zero-order valence-corrected chi connectivity index (χ0v) is 22.6. The van der Waals surface area contributed by atoms with E-state index in [-0.39, 0.29) is 30.2 Å². The highest BCUT2D eigenvalue weighted by molar-refractivity contribution is 6.00. The molecular weight excluding hydrogens is 490 g/mol. The van der Waals surface area contributed by atoms with Crippen LogP contribution in [0.4, 0.5) is 4.79 Å². The van der Waals surface area contributed by atoms with Gasteiger partial charge in [0.25, 0.3) is 0 Å². The second-order valence-corrected chi connectivity index (χ2v) is 11.7. The number of piperidine rings is 2. The summed E-state index contributed by atoms with van der Waals surface area (Å²) in [5.74, 6) is 0.412. The number of carbonyl (C=O) groups excluding carboxylic acids is 3. The molecule has 3 saturated heterocycles. The third-order valence-corrected chi connectivity index (χ3v) is 7.55. The largest absolute Gasteiger partial charge is 0.490 e. The Morgan fingerprint density at radius 1 is 1.05 bits per heavy atom. The molecule has 11 heteroatoms. The Morgan fingerprint density at radius 3 is 2.42 bits per heavy atom. The Morgan fingerprint density at radius 2 is 1.76 bits per heavy atom. The van der Waals surface area contributed by atoms with Crippen LogP contribution in [0.25, 0.3) is 11.0 Å². The summed E-state index contributed by atoms with van der Waals surface area (Å²) in [6, 6.07) is 4.81. The molecule has 4 heterocycles. The first-order chi connectivity index (χ1) is 18.0. The first-order valence-electron chi connectivity index (χ1n) is 13.4. The van der Waals surface area contributed by atoms with Crippen LogP contribution in [0.15, 0.2) is 23.0 Å². The molecule has 206 valence electrons. The number of fused-ring (bicyclic) bond motifs is 1. The number of benzene rings is 1.